The molecule has 2 aliphatic rings. The minimum atomic E-state index is -0.978. The summed E-state index contributed by atoms with van der Waals surface area (Å²) in [4.78, 5) is 33.5. The van der Waals surface area contributed by atoms with E-state index in [4.69, 9.17) is 23.9 Å². The Kier molecular flexibility index (Phi) is 7.70. The monoisotopic (exact) mass is 600 g/mol. The molecule has 1 aromatic heterocycles. The second-order valence-electron chi connectivity index (χ2n) is 10.9. The van der Waals surface area contributed by atoms with Crippen molar-refractivity contribution in [2.45, 2.75) is 33.2 Å². The van der Waals surface area contributed by atoms with Gasteiger partial charge in [0, 0.05) is 5.56 Å². The standard InChI is InChI=1S/C33H32N2O7S/c1-18(2)11-12-40-23-9-6-20(16-25(23)39-4)29-28(30(36)21-7-10-24-26(17-21)42-14-13-41-24)31(37)32(38)35(29)33-34-22-8-5-19(3)15-27(22)43-33/h5-10,15-18,29,36H,11-14H2,1-4H3/b30-28+. The van der Waals surface area contributed by atoms with Gasteiger partial charge in [-0.2, -0.15) is 0 Å². The molecule has 1 unspecified atom stereocenters. The maximum atomic E-state index is 13.7. The van der Waals surface area contributed by atoms with E-state index in [9.17, 15) is 14.7 Å². The van der Waals surface area contributed by atoms with Crippen LogP contribution in [0, 0.1) is 12.8 Å². The molecule has 9 nitrogen and oxygen atoms in total. The van der Waals surface area contributed by atoms with Crippen molar-refractivity contribution >= 4 is 44.1 Å². The lowest BCUT2D eigenvalue weighted by Gasteiger charge is -2.24. The Morgan fingerprint density at radius 2 is 1.84 bits per heavy atom. The molecule has 0 bridgehead atoms. The summed E-state index contributed by atoms with van der Waals surface area (Å²) in [5.41, 5.74) is 2.59. The number of ketones is 1. The van der Waals surface area contributed by atoms with Crippen molar-refractivity contribution in [1.82, 2.24) is 4.98 Å². The van der Waals surface area contributed by atoms with Crippen molar-refractivity contribution in [2.24, 2.45) is 5.92 Å². The Hall–Kier alpha value is -4.57. The Balaban J connectivity index is 1.49. The maximum absolute atomic E-state index is 13.7. The maximum Gasteiger partial charge on any atom is 0.301 e. The van der Waals surface area contributed by atoms with Gasteiger partial charge in [-0.1, -0.05) is 37.3 Å². The number of anilines is 1. The summed E-state index contributed by atoms with van der Waals surface area (Å²) in [5.74, 6) is 0.547. The lowest BCUT2D eigenvalue weighted by molar-refractivity contribution is -0.132. The summed E-state index contributed by atoms with van der Waals surface area (Å²) in [6.07, 6.45) is 0.873. The number of Topliss-reactive ketones (excluding diaryl/α,β-unsaturated/α-hetero) is 1. The van der Waals surface area contributed by atoms with Gasteiger partial charge in [-0.25, -0.2) is 4.98 Å². The van der Waals surface area contributed by atoms with E-state index in [0.717, 1.165) is 16.7 Å². The number of aryl methyl sites for hydroxylation is 1. The second kappa shape index (κ2) is 11.6. The molecule has 1 N–H and O–H groups in total. The molecule has 10 heteroatoms. The van der Waals surface area contributed by atoms with E-state index in [2.05, 4.69) is 13.8 Å². The fourth-order valence-corrected chi connectivity index (χ4v) is 6.28. The van der Waals surface area contributed by atoms with Crippen molar-refractivity contribution in [3.63, 3.8) is 0 Å². The molecule has 1 fully saturated rings. The molecule has 0 spiro atoms. The third kappa shape index (κ3) is 5.38. The zero-order valence-corrected chi connectivity index (χ0v) is 25.2. The largest absolute Gasteiger partial charge is 0.507 e. The summed E-state index contributed by atoms with van der Waals surface area (Å²) in [5, 5.41) is 12.0. The Bertz CT molecular complexity index is 1760. The molecular formula is C33H32N2O7S. The van der Waals surface area contributed by atoms with Crippen molar-refractivity contribution in [3.05, 3.63) is 76.9 Å². The van der Waals surface area contributed by atoms with Gasteiger partial charge in [0.1, 0.15) is 19.0 Å². The molecule has 0 saturated carbocycles. The highest BCUT2D eigenvalue weighted by Gasteiger charge is 2.48. The molecule has 6 rings (SSSR count). The molecule has 1 saturated heterocycles. The zero-order valence-electron chi connectivity index (χ0n) is 24.4. The quantitative estimate of drug-likeness (QED) is 0.140. The lowest BCUT2D eigenvalue weighted by Crippen LogP contribution is -2.29. The van der Waals surface area contributed by atoms with Crippen LogP contribution >= 0.6 is 11.3 Å². The number of hydrogen-bond donors (Lipinski definition) is 1. The van der Waals surface area contributed by atoms with Crippen LogP contribution in [0.2, 0.25) is 0 Å². The number of benzene rings is 3. The van der Waals surface area contributed by atoms with E-state index >= 15 is 0 Å². The summed E-state index contributed by atoms with van der Waals surface area (Å²) >= 11 is 1.31. The number of methoxy groups -OCH3 is 1. The molecule has 0 radical (unpaired) electrons. The van der Waals surface area contributed by atoms with Crippen LogP contribution in [0.5, 0.6) is 23.0 Å². The number of carbonyl (C=O) groups excluding carboxylic acids is 2. The number of aliphatic hydroxyl groups excluding tert-OH is 1. The predicted molar refractivity (Wildman–Crippen MR) is 165 cm³/mol. The minimum Gasteiger partial charge on any atom is -0.507 e. The summed E-state index contributed by atoms with van der Waals surface area (Å²) in [6, 6.07) is 15.1. The van der Waals surface area contributed by atoms with Crippen molar-refractivity contribution < 1.29 is 33.6 Å². The zero-order chi connectivity index (χ0) is 30.2. The van der Waals surface area contributed by atoms with Gasteiger partial charge in [-0.05, 0) is 72.9 Å². The van der Waals surface area contributed by atoms with Crippen LogP contribution in [0.15, 0.2) is 60.2 Å². The summed E-state index contributed by atoms with van der Waals surface area (Å²) < 4.78 is 23.9. The van der Waals surface area contributed by atoms with Crippen LogP contribution in [-0.2, 0) is 9.59 Å². The number of aromatic nitrogens is 1. The number of rotatable bonds is 8. The van der Waals surface area contributed by atoms with Crippen LogP contribution < -0.4 is 23.8 Å². The smallest absolute Gasteiger partial charge is 0.301 e. The van der Waals surface area contributed by atoms with Crippen LogP contribution in [0.1, 0.15) is 43.0 Å². The van der Waals surface area contributed by atoms with Gasteiger partial charge in [-0.3, -0.25) is 14.5 Å². The summed E-state index contributed by atoms with van der Waals surface area (Å²) in [7, 11) is 1.54. The molecule has 3 heterocycles. The Morgan fingerprint density at radius 1 is 1.05 bits per heavy atom. The normalized spacial score (nSPS) is 17.6. The van der Waals surface area contributed by atoms with Crippen LogP contribution in [0.25, 0.3) is 16.0 Å². The summed E-state index contributed by atoms with van der Waals surface area (Å²) in [6.45, 7) is 7.53. The third-order valence-electron chi connectivity index (χ3n) is 7.45. The van der Waals surface area contributed by atoms with Gasteiger partial charge in [0.2, 0.25) is 0 Å². The first-order valence-electron chi connectivity index (χ1n) is 14.1. The van der Waals surface area contributed by atoms with Crippen LogP contribution in [0.4, 0.5) is 5.13 Å². The fraction of sp³-hybridized carbons (Fsp3) is 0.303. The highest BCUT2D eigenvalue weighted by Crippen LogP contribution is 2.46. The molecular weight excluding hydrogens is 568 g/mol. The highest BCUT2D eigenvalue weighted by atomic mass is 32.1. The van der Waals surface area contributed by atoms with E-state index in [1.165, 1.54) is 23.3 Å². The van der Waals surface area contributed by atoms with E-state index in [1.54, 1.807) is 36.4 Å². The highest BCUT2D eigenvalue weighted by molar-refractivity contribution is 7.22. The molecule has 43 heavy (non-hydrogen) atoms. The average molecular weight is 601 g/mol. The van der Waals surface area contributed by atoms with Gasteiger partial charge in [-0.15, -0.1) is 0 Å². The van der Waals surface area contributed by atoms with Crippen molar-refractivity contribution in [2.75, 3.05) is 31.8 Å². The van der Waals surface area contributed by atoms with Gasteiger partial charge < -0.3 is 24.1 Å². The number of amides is 1. The van der Waals surface area contributed by atoms with Crippen molar-refractivity contribution in [3.8, 4) is 23.0 Å². The number of hydrogen-bond acceptors (Lipinski definition) is 9. The van der Waals surface area contributed by atoms with E-state index in [0.29, 0.717) is 70.5 Å². The molecule has 222 valence electrons. The van der Waals surface area contributed by atoms with Crippen LogP contribution in [0.3, 0.4) is 0 Å². The van der Waals surface area contributed by atoms with E-state index in [-0.39, 0.29) is 11.3 Å². The molecule has 1 atom stereocenters. The SMILES string of the molecule is COc1cc(C2/C(=C(\O)c3ccc4c(c3)OCCO4)C(=O)C(=O)N2c2nc3ccc(C)cc3s2)ccc1OCCC(C)C. The first-order valence-corrected chi connectivity index (χ1v) is 15.0. The first kappa shape index (κ1) is 28.5. The van der Waals surface area contributed by atoms with Crippen LogP contribution in [-0.4, -0.2) is 48.7 Å². The third-order valence-corrected chi connectivity index (χ3v) is 8.47. The van der Waals surface area contributed by atoms with Gasteiger partial charge in [0.15, 0.2) is 28.1 Å². The molecule has 0 aliphatic carbocycles. The minimum absolute atomic E-state index is 0.0624. The van der Waals surface area contributed by atoms with E-state index < -0.39 is 17.7 Å². The Labute approximate surface area is 253 Å². The number of ether oxygens (including phenoxy) is 4. The Morgan fingerprint density at radius 3 is 2.60 bits per heavy atom. The molecule has 4 aromatic rings. The number of carbonyl (C=O) groups is 2. The molecule has 3 aromatic carbocycles. The number of aliphatic hydroxyl groups is 1. The topological polar surface area (TPSA) is 107 Å². The molecule has 1 amide bonds. The number of thiazole rings is 1. The van der Waals surface area contributed by atoms with E-state index in [1.807, 2.05) is 25.1 Å². The molecule has 2 aliphatic heterocycles. The fourth-order valence-electron chi connectivity index (χ4n) is 5.19. The second-order valence-corrected chi connectivity index (χ2v) is 11.9. The van der Waals surface area contributed by atoms with Gasteiger partial charge in [0.05, 0.1) is 35.5 Å². The number of fused-ring (bicyclic) bond motifs is 2. The number of nitrogens with zero attached hydrogens (tertiary/aromatic N) is 2. The predicted octanol–water partition coefficient (Wildman–Crippen LogP) is 6.44. The lowest BCUT2D eigenvalue weighted by atomic mass is 9.95. The van der Waals surface area contributed by atoms with Gasteiger partial charge >= 0.3 is 5.91 Å². The first-order chi connectivity index (χ1) is 20.7. The average Bonchev–Trinajstić information content (AvgIpc) is 3.53. The van der Waals surface area contributed by atoms with Crippen molar-refractivity contribution in [1.29, 1.82) is 0 Å². The van der Waals surface area contributed by atoms with Gasteiger partial charge in [0.25, 0.3) is 5.78 Å².